The molecule has 30 heavy (non-hydrogen) atoms. The standard InChI is InChI=1S/3C6H7NO2S/c1-9-5-3-10-2-4(5)6(7)8;1-9-4-2-3-10-5(4)6(7)8;1-9-6-4(5(7)8)2-3-10-6/h3*2-3H,1H3,(H2,7,8). The molecule has 0 aliphatic carbocycles. The molecular formula is C18H21N3O6S3. The molecule has 0 bridgehead atoms. The van der Waals surface area contributed by atoms with E-state index >= 15 is 0 Å². The van der Waals surface area contributed by atoms with Crippen LogP contribution in [0.3, 0.4) is 0 Å². The number of nitrogens with two attached hydrogens (primary N) is 3. The normalized spacial score (nSPS) is 9.30. The second kappa shape index (κ2) is 12.5. The lowest BCUT2D eigenvalue weighted by molar-refractivity contribution is 0.0989. The van der Waals surface area contributed by atoms with Gasteiger partial charge in [-0.05, 0) is 22.9 Å². The van der Waals surface area contributed by atoms with Gasteiger partial charge < -0.3 is 31.4 Å². The van der Waals surface area contributed by atoms with Crippen molar-refractivity contribution in [2.75, 3.05) is 21.3 Å². The van der Waals surface area contributed by atoms with Gasteiger partial charge in [-0.25, -0.2) is 0 Å². The molecule has 3 heterocycles. The van der Waals surface area contributed by atoms with Gasteiger partial charge in [0.05, 0.1) is 32.5 Å². The van der Waals surface area contributed by atoms with Crippen LogP contribution in [0.5, 0.6) is 16.6 Å². The lowest BCUT2D eigenvalue weighted by atomic mass is 10.3. The van der Waals surface area contributed by atoms with E-state index in [1.54, 1.807) is 33.7 Å². The van der Waals surface area contributed by atoms with Crippen LogP contribution in [0.25, 0.3) is 0 Å². The average Bonchev–Trinajstić information content (AvgIpc) is 3.48. The van der Waals surface area contributed by atoms with E-state index in [0.29, 0.717) is 32.6 Å². The zero-order valence-electron chi connectivity index (χ0n) is 16.4. The highest BCUT2D eigenvalue weighted by atomic mass is 32.1. The summed E-state index contributed by atoms with van der Waals surface area (Å²) in [7, 11) is 4.53. The smallest absolute Gasteiger partial charge is 0.262 e. The summed E-state index contributed by atoms with van der Waals surface area (Å²) >= 11 is 4.03. The summed E-state index contributed by atoms with van der Waals surface area (Å²) < 4.78 is 14.6. The minimum atomic E-state index is -0.446. The van der Waals surface area contributed by atoms with Gasteiger partial charge in [0, 0.05) is 10.8 Å². The number of methoxy groups -OCH3 is 3. The van der Waals surface area contributed by atoms with E-state index in [9.17, 15) is 14.4 Å². The van der Waals surface area contributed by atoms with Crippen molar-refractivity contribution in [3.05, 3.63) is 49.7 Å². The summed E-state index contributed by atoms with van der Waals surface area (Å²) in [6.07, 6.45) is 0. The van der Waals surface area contributed by atoms with Crippen LogP contribution < -0.4 is 31.4 Å². The van der Waals surface area contributed by atoms with Gasteiger partial charge in [0.2, 0.25) is 0 Å². The first-order valence-electron chi connectivity index (χ1n) is 7.99. The summed E-state index contributed by atoms with van der Waals surface area (Å²) in [5, 5.41) is 7.51. The Labute approximate surface area is 185 Å². The Kier molecular flexibility index (Phi) is 10.4. The van der Waals surface area contributed by atoms with Crippen LogP contribution in [-0.2, 0) is 0 Å². The van der Waals surface area contributed by atoms with Gasteiger partial charge in [-0.3, -0.25) is 14.4 Å². The Hall–Kier alpha value is -3.09. The number of hydrogen-bond donors (Lipinski definition) is 3. The average molecular weight is 472 g/mol. The van der Waals surface area contributed by atoms with Gasteiger partial charge in [-0.15, -0.1) is 34.0 Å². The lowest BCUT2D eigenvalue weighted by Gasteiger charge is -1.95. The van der Waals surface area contributed by atoms with E-state index < -0.39 is 17.7 Å². The lowest BCUT2D eigenvalue weighted by Crippen LogP contribution is -2.10. The van der Waals surface area contributed by atoms with Crippen molar-refractivity contribution in [1.82, 2.24) is 0 Å². The van der Waals surface area contributed by atoms with E-state index in [4.69, 9.17) is 31.4 Å². The molecule has 3 rings (SSSR count). The summed E-state index contributed by atoms with van der Waals surface area (Å²) in [5.41, 5.74) is 16.0. The minimum Gasteiger partial charge on any atom is -0.495 e. The van der Waals surface area contributed by atoms with Crippen molar-refractivity contribution in [1.29, 1.82) is 0 Å². The van der Waals surface area contributed by atoms with Crippen LogP contribution in [0.1, 0.15) is 30.4 Å². The molecule has 0 aliphatic rings. The van der Waals surface area contributed by atoms with E-state index in [1.807, 2.05) is 0 Å². The van der Waals surface area contributed by atoms with E-state index in [2.05, 4.69) is 0 Å². The monoisotopic (exact) mass is 471 g/mol. The third-order valence-corrected chi connectivity index (χ3v) is 5.77. The number of thiophene rings is 3. The van der Waals surface area contributed by atoms with Gasteiger partial charge in [-0.1, -0.05) is 0 Å². The molecule has 0 aromatic carbocycles. The fraction of sp³-hybridized carbons (Fsp3) is 0.167. The Bertz CT molecular complexity index is 855. The number of amides is 3. The molecule has 0 spiro atoms. The molecule has 0 saturated carbocycles. The Balaban J connectivity index is 0.000000225. The van der Waals surface area contributed by atoms with E-state index in [-0.39, 0.29) is 0 Å². The molecule has 0 aliphatic heterocycles. The number of carbonyl (C=O) groups excluding carboxylic acids is 3. The molecule has 0 unspecified atom stereocenters. The highest BCUT2D eigenvalue weighted by Gasteiger charge is 2.09. The van der Waals surface area contributed by atoms with Gasteiger partial charge >= 0.3 is 0 Å². The number of carbonyl (C=O) groups is 3. The van der Waals surface area contributed by atoms with Crippen molar-refractivity contribution in [2.45, 2.75) is 0 Å². The molecule has 3 aromatic rings. The fourth-order valence-electron chi connectivity index (χ4n) is 1.90. The maximum absolute atomic E-state index is 10.6. The second-order valence-corrected chi connectivity index (χ2v) is 7.63. The van der Waals surface area contributed by atoms with Crippen LogP contribution in [0.4, 0.5) is 0 Å². The molecule has 6 N–H and O–H groups in total. The zero-order chi connectivity index (χ0) is 22.7. The third-order valence-electron chi connectivity index (χ3n) is 3.27. The fourth-order valence-corrected chi connectivity index (χ4v) is 4.11. The minimum absolute atomic E-state index is 0.438. The predicted molar refractivity (Wildman–Crippen MR) is 118 cm³/mol. The maximum atomic E-state index is 10.6. The number of hydrogen-bond acceptors (Lipinski definition) is 9. The van der Waals surface area contributed by atoms with Crippen molar-refractivity contribution in [2.24, 2.45) is 17.2 Å². The second-order valence-electron chi connectivity index (χ2n) is 5.09. The van der Waals surface area contributed by atoms with Gasteiger partial charge in [-0.2, -0.15) is 0 Å². The SMILES string of the molecule is COc1ccsc1C(N)=O.COc1cscc1C(N)=O.COc1sccc1C(N)=O. The molecular weight excluding hydrogens is 450 g/mol. The summed E-state index contributed by atoms with van der Waals surface area (Å²) in [6.45, 7) is 0. The highest BCUT2D eigenvalue weighted by Crippen LogP contribution is 2.24. The maximum Gasteiger partial charge on any atom is 0.262 e. The Morgan fingerprint density at radius 2 is 1.33 bits per heavy atom. The number of ether oxygens (including phenoxy) is 3. The van der Waals surface area contributed by atoms with Crippen molar-refractivity contribution >= 4 is 51.7 Å². The predicted octanol–water partition coefficient (Wildman–Crippen LogP) is 2.57. The van der Waals surface area contributed by atoms with Crippen molar-refractivity contribution < 1.29 is 28.6 Å². The van der Waals surface area contributed by atoms with Crippen LogP contribution in [-0.4, -0.2) is 39.1 Å². The Morgan fingerprint density at radius 3 is 1.73 bits per heavy atom. The first-order valence-corrected chi connectivity index (χ1v) is 10.7. The van der Waals surface area contributed by atoms with Crippen molar-refractivity contribution in [3.8, 4) is 16.6 Å². The van der Waals surface area contributed by atoms with Gasteiger partial charge in [0.1, 0.15) is 16.4 Å². The van der Waals surface area contributed by atoms with Gasteiger partial charge in [0.25, 0.3) is 17.7 Å². The first kappa shape index (κ1) is 24.9. The first-order chi connectivity index (χ1) is 14.3. The molecule has 162 valence electrons. The molecule has 0 fully saturated rings. The molecule has 9 nitrogen and oxygen atoms in total. The molecule has 0 atom stereocenters. The van der Waals surface area contributed by atoms with Crippen LogP contribution >= 0.6 is 34.0 Å². The third kappa shape index (κ3) is 7.06. The van der Waals surface area contributed by atoms with Crippen LogP contribution in [0.15, 0.2) is 33.7 Å². The zero-order valence-corrected chi connectivity index (χ0v) is 18.8. The van der Waals surface area contributed by atoms with Crippen molar-refractivity contribution in [3.63, 3.8) is 0 Å². The number of rotatable bonds is 6. The van der Waals surface area contributed by atoms with E-state index in [0.717, 1.165) is 0 Å². The highest BCUT2D eigenvalue weighted by molar-refractivity contribution is 7.12. The topological polar surface area (TPSA) is 157 Å². The molecule has 0 saturated heterocycles. The molecule has 12 heteroatoms. The van der Waals surface area contributed by atoms with Crippen LogP contribution in [0.2, 0.25) is 0 Å². The van der Waals surface area contributed by atoms with Crippen LogP contribution in [0, 0.1) is 0 Å². The quantitative estimate of drug-likeness (QED) is 0.501. The number of primary amides is 3. The molecule has 3 amide bonds. The Morgan fingerprint density at radius 1 is 0.733 bits per heavy atom. The van der Waals surface area contributed by atoms with E-state index in [1.165, 1.54) is 55.3 Å². The van der Waals surface area contributed by atoms with Gasteiger partial charge in [0.15, 0.2) is 5.06 Å². The summed E-state index contributed by atoms with van der Waals surface area (Å²) in [6, 6.07) is 3.36. The molecule has 0 radical (unpaired) electrons. The summed E-state index contributed by atoms with van der Waals surface area (Å²) in [4.78, 5) is 32.3. The largest absolute Gasteiger partial charge is 0.495 e. The summed E-state index contributed by atoms with van der Waals surface area (Å²) in [5.74, 6) is -0.224. The molecule has 3 aromatic heterocycles.